The van der Waals surface area contributed by atoms with Crippen molar-refractivity contribution in [1.29, 1.82) is 0 Å². The molecule has 2 rings (SSSR count). The molecule has 2 amide bonds. The molecule has 1 aliphatic rings. The summed E-state index contributed by atoms with van der Waals surface area (Å²) >= 11 is 0. The molecule has 2 atom stereocenters. The first kappa shape index (κ1) is 24.1. The van der Waals surface area contributed by atoms with Crippen molar-refractivity contribution in [1.82, 2.24) is 15.2 Å². The molecule has 1 aromatic heterocycles. The Morgan fingerprint density at radius 3 is 2.52 bits per heavy atom. The zero-order chi connectivity index (χ0) is 22.2. The Balaban J connectivity index is 0.000000516. The second-order valence-electron chi connectivity index (χ2n) is 6.46. The first-order valence-corrected chi connectivity index (χ1v) is 8.69. The van der Waals surface area contributed by atoms with Gasteiger partial charge in [0, 0.05) is 25.3 Å². The maximum atomic E-state index is 12.3. The predicted octanol–water partition coefficient (Wildman–Crippen LogP) is 0.736. The van der Waals surface area contributed by atoms with Crippen molar-refractivity contribution in [2.75, 3.05) is 19.6 Å². The van der Waals surface area contributed by atoms with Gasteiger partial charge >= 0.3 is 12.1 Å². The van der Waals surface area contributed by atoms with Gasteiger partial charge in [0.2, 0.25) is 5.91 Å². The number of alkyl halides is 3. The number of likely N-dealkylation sites (tertiary alicyclic amines) is 1. The highest BCUT2D eigenvalue weighted by Gasteiger charge is 2.38. The number of halogens is 3. The smallest absolute Gasteiger partial charge is 0.490 e. The summed E-state index contributed by atoms with van der Waals surface area (Å²) in [4.78, 5) is 38.6. The molecular formula is C17H23F3N4O5. The second-order valence-corrected chi connectivity index (χ2v) is 6.46. The quantitative estimate of drug-likeness (QED) is 0.562. The maximum absolute atomic E-state index is 12.3. The molecule has 0 saturated carbocycles. The third-order valence-corrected chi connectivity index (χ3v) is 4.21. The van der Waals surface area contributed by atoms with E-state index in [1.807, 2.05) is 0 Å². The van der Waals surface area contributed by atoms with Crippen LogP contribution < -0.4 is 11.1 Å². The number of rotatable bonds is 4. The number of nitrogens with two attached hydrogens (primary N) is 1. The van der Waals surface area contributed by atoms with Crippen molar-refractivity contribution in [3.63, 3.8) is 0 Å². The standard InChI is InChI=1S/C15H22N4O3.C2HF3O2/c1-10-4-6-19(11(7-10)8-16)13(21)9-18-15(22)14-12(20)3-2-5-17-14;3-2(4,5)1(6)7/h2-3,5,10-11,20H,4,6-9,16H2,1H3,(H,18,22);(H,6,7)/t10-,11+;/m1./s1. The van der Waals surface area contributed by atoms with Gasteiger partial charge in [0.1, 0.15) is 5.75 Å². The van der Waals surface area contributed by atoms with Crippen molar-refractivity contribution >= 4 is 17.8 Å². The Morgan fingerprint density at radius 2 is 2.00 bits per heavy atom. The summed E-state index contributed by atoms with van der Waals surface area (Å²) < 4.78 is 31.7. The van der Waals surface area contributed by atoms with Crippen LogP contribution in [-0.4, -0.2) is 69.7 Å². The molecule has 29 heavy (non-hydrogen) atoms. The maximum Gasteiger partial charge on any atom is 0.490 e. The van der Waals surface area contributed by atoms with E-state index in [-0.39, 0.29) is 29.9 Å². The van der Waals surface area contributed by atoms with Gasteiger partial charge in [-0.2, -0.15) is 13.2 Å². The van der Waals surface area contributed by atoms with Crippen LogP contribution in [0.3, 0.4) is 0 Å². The monoisotopic (exact) mass is 420 g/mol. The van der Waals surface area contributed by atoms with E-state index in [1.54, 1.807) is 4.90 Å². The van der Waals surface area contributed by atoms with E-state index in [9.17, 15) is 27.9 Å². The van der Waals surface area contributed by atoms with Crippen LogP contribution in [0.1, 0.15) is 30.3 Å². The van der Waals surface area contributed by atoms with E-state index in [4.69, 9.17) is 15.6 Å². The van der Waals surface area contributed by atoms with Gasteiger partial charge in [-0.05, 0) is 30.9 Å². The van der Waals surface area contributed by atoms with Gasteiger partial charge in [0.25, 0.3) is 5.91 Å². The molecule has 2 heterocycles. The number of nitrogens with one attached hydrogen (secondary N) is 1. The van der Waals surface area contributed by atoms with E-state index < -0.39 is 18.1 Å². The highest BCUT2D eigenvalue weighted by Crippen LogP contribution is 2.21. The largest absolute Gasteiger partial charge is 0.505 e. The van der Waals surface area contributed by atoms with Gasteiger partial charge in [-0.15, -0.1) is 0 Å². The van der Waals surface area contributed by atoms with Gasteiger partial charge in [-0.1, -0.05) is 6.92 Å². The Morgan fingerprint density at radius 1 is 1.38 bits per heavy atom. The summed E-state index contributed by atoms with van der Waals surface area (Å²) in [6, 6.07) is 2.93. The van der Waals surface area contributed by atoms with Crippen LogP contribution in [0, 0.1) is 5.92 Å². The molecular weight excluding hydrogens is 397 g/mol. The van der Waals surface area contributed by atoms with Crippen LogP contribution in [0.15, 0.2) is 18.3 Å². The van der Waals surface area contributed by atoms with Crippen molar-refractivity contribution in [3.05, 3.63) is 24.0 Å². The number of hydrogen-bond donors (Lipinski definition) is 4. The number of aromatic nitrogens is 1. The molecule has 1 aromatic rings. The number of aromatic hydroxyl groups is 1. The zero-order valence-electron chi connectivity index (χ0n) is 15.6. The average molecular weight is 420 g/mol. The summed E-state index contributed by atoms with van der Waals surface area (Å²) in [5.74, 6) is -3.14. The third kappa shape index (κ3) is 7.56. The number of carbonyl (C=O) groups excluding carboxylic acids is 2. The molecule has 162 valence electrons. The van der Waals surface area contributed by atoms with E-state index in [0.29, 0.717) is 19.0 Å². The van der Waals surface area contributed by atoms with E-state index in [0.717, 1.165) is 12.8 Å². The van der Waals surface area contributed by atoms with Crippen LogP contribution in [-0.2, 0) is 9.59 Å². The van der Waals surface area contributed by atoms with Crippen LogP contribution in [0.5, 0.6) is 5.75 Å². The van der Waals surface area contributed by atoms with Crippen molar-refractivity contribution in [2.24, 2.45) is 11.7 Å². The molecule has 9 nitrogen and oxygen atoms in total. The van der Waals surface area contributed by atoms with Crippen LogP contribution in [0.25, 0.3) is 0 Å². The minimum atomic E-state index is -5.08. The number of hydrogen-bond acceptors (Lipinski definition) is 6. The summed E-state index contributed by atoms with van der Waals surface area (Å²) in [6.45, 7) is 3.10. The topological polar surface area (TPSA) is 146 Å². The van der Waals surface area contributed by atoms with Gasteiger partial charge in [0.05, 0.1) is 6.54 Å². The number of pyridine rings is 1. The van der Waals surface area contributed by atoms with Gasteiger partial charge < -0.3 is 26.2 Å². The van der Waals surface area contributed by atoms with Gasteiger partial charge in [-0.3, -0.25) is 9.59 Å². The molecule has 0 spiro atoms. The molecule has 0 aliphatic carbocycles. The lowest BCUT2D eigenvalue weighted by molar-refractivity contribution is -0.192. The van der Waals surface area contributed by atoms with E-state index in [1.165, 1.54) is 18.3 Å². The highest BCUT2D eigenvalue weighted by molar-refractivity contribution is 5.96. The Labute approximate surface area is 164 Å². The fraction of sp³-hybridized carbons (Fsp3) is 0.529. The first-order valence-electron chi connectivity index (χ1n) is 8.69. The molecule has 1 fully saturated rings. The molecule has 0 radical (unpaired) electrons. The van der Waals surface area contributed by atoms with Crippen LogP contribution in [0.4, 0.5) is 13.2 Å². The average Bonchev–Trinajstić information content (AvgIpc) is 2.65. The highest BCUT2D eigenvalue weighted by atomic mass is 19.4. The molecule has 0 aromatic carbocycles. The van der Waals surface area contributed by atoms with Crippen molar-refractivity contribution < 1.29 is 37.8 Å². The van der Waals surface area contributed by atoms with E-state index in [2.05, 4.69) is 17.2 Å². The Bertz CT molecular complexity index is 729. The molecule has 1 aliphatic heterocycles. The van der Waals surface area contributed by atoms with Gasteiger partial charge in [0.15, 0.2) is 5.69 Å². The van der Waals surface area contributed by atoms with Crippen molar-refractivity contribution in [2.45, 2.75) is 32.0 Å². The summed E-state index contributed by atoms with van der Waals surface area (Å²) in [5, 5.41) is 19.2. The summed E-state index contributed by atoms with van der Waals surface area (Å²) in [7, 11) is 0. The summed E-state index contributed by atoms with van der Waals surface area (Å²) in [5.41, 5.74) is 5.65. The number of aliphatic carboxylic acids is 1. The zero-order valence-corrected chi connectivity index (χ0v) is 15.6. The summed E-state index contributed by atoms with van der Waals surface area (Å²) in [6.07, 6.45) is -1.85. The Kier molecular flexibility index (Phi) is 8.83. The fourth-order valence-electron chi connectivity index (χ4n) is 2.72. The minimum absolute atomic E-state index is 0.0244. The Hall–Kier alpha value is -2.89. The number of carboxylic acid groups (broad SMARTS) is 1. The number of piperidine rings is 1. The minimum Gasteiger partial charge on any atom is -0.505 e. The second kappa shape index (κ2) is 10.6. The lowest BCUT2D eigenvalue weighted by atomic mass is 9.92. The normalized spacial score (nSPS) is 19.0. The van der Waals surface area contributed by atoms with Gasteiger partial charge in [-0.25, -0.2) is 9.78 Å². The van der Waals surface area contributed by atoms with Crippen LogP contribution in [0.2, 0.25) is 0 Å². The van der Waals surface area contributed by atoms with Crippen LogP contribution >= 0.6 is 0 Å². The molecule has 0 bridgehead atoms. The lowest BCUT2D eigenvalue weighted by Crippen LogP contribution is -2.52. The lowest BCUT2D eigenvalue weighted by Gasteiger charge is -2.38. The number of carbonyl (C=O) groups is 3. The number of nitrogens with zero attached hydrogens (tertiary/aromatic N) is 2. The SMILES string of the molecule is C[C@@H]1CCN(C(=O)CNC(=O)c2ncccc2O)[C@H](CN)C1.O=C(O)C(F)(F)F. The number of carboxylic acids is 1. The third-order valence-electron chi connectivity index (χ3n) is 4.21. The first-order chi connectivity index (χ1) is 13.5. The predicted molar refractivity (Wildman–Crippen MR) is 94.9 cm³/mol. The van der Waals surface area contributed by atoms with Crippen molar-refractivity contribution in [3.8, 4) is 5.75 Å². The molecule has 0 unspecified atom stereocenters. The molecule has 1 saturated heterocycles. The number of amides is 2. The molecule has 5 N–H and O–H groups in total. The van der Waals surface area contributed by atoms with E-state index >= 15 is 0 Å². The molecule has 12 heteroatoms. The fourth-order valence-corrected chi connectivity index (χ4v) is 2.72.